The highest BCUT2D eigenvalue weighted by molar-refractivity contribution is 7.81. The van der Waals surface area contributed by atoms with Gasteiger partial charge >= 0.3 is 26.8 Å². The quantitative estimate of drug-likeness (QED) is 0.0956. The Morgan fingerprint density at radius 3 is 1.93 bits per heavy atom. The van der Waals surface area contributed by atoms with Crippen LogP contribution in [-0.2, 0) is 86.1 Å². The van der Waals surface area contributed by atoms with Gasteiger partial charge in [0, 0.05) is 44.9 Å². The van der Waals surface area contributed by atoms with Crippen LogP contribution in [0.5, 0.6) is 0 Å². The van der Waals surface area contributed by atoms with Crippen molar-refractivity contribution in [3.8, 4) is 0 Å². The van der Waals surface area contributed by atoms with E-state index in [1.807, 2.05) is 6.92 Å². The third-order valence-corrected chi connectivity index (χ3v) is 21.1. The molecule has 11 fully saturated rings. The Kier molecular flexibility index (Phi) is 16.6. The van der Waals surface area contributed by atoms with Crippen LogP contribution in [0.15, 0.2) is 37.0 Å². The summed E-state index contributed by atoms with van der Waals surface area (Å²) in [6.07, 6.45) is 0.215. The zero-order valence-corrected chi connectivity index (χ0v) is 48.7. The minimum absolute atomic E-state index is 0.0402. The van der Waals surface area contributed by atoms with E-state index >= 15 is 0 Å². The van der Waals surface area contributed by atoms with E-state index in [4.69, 9.17) is 60.8 Å². The number of aliphatic hydroxyl groups is 2. The molecule has 11 saturated heterocycles. The molecule has 0 amide bonds. The molecule has 25 heteroatoms. The summed E-state index contributed by atoms with van der Waals surface area (Å²) in [4.78, 5) is 11.9. The number of aliphatic carboxylic acids is 1. The highest BCUT2D eigenvalue weighted by Gasteiger charge is 2.65. The largest absolute Gasteiger partial charge is 0.481 e. The van der Waals surface area contributed by atoms with Gasteiger partial charge in [-0.3, -0.25) is 13.9 Å². The summed E-state index contributed by atoms with van der Waals surface area (Å²) in [5.41, 5.74) is -4.80. The van der Waals surface area contributed by atoms with Crippen LogP contribution in [0.1, 0.15) is 138 Å². The van der Waals surface area contributed by atoms with E-state index in [0.717, 1.165) is 6.42 Å². The van der Waals surface area contributed by atoms with Gasteiger partial charge in [0.15, 0.2) is 0 Å². The summed E-state index contributed by atoms with van der Waals surface area (Å²) in [6.45, 7) is 19.0. The maximum absolute atomic E-state index is 12.3. The maximum atomic E-state index is 12.3. The number of allylic oxidation sites excluding steroid dienone is 1. The Bertz CT molecular complexity index is 2620. The first kappa shape index (κ1) is 60.6. The summed E-state index contributed by atoms with van der Waals surface area (Å²) < 4.78 is 151. The van der Waals surface area contributed by atoms with Gasteiger partial charge in [0.25, 0.3) is 0 Å². The van der Waals surface area contributed by atoms with Crippen molar-refractivity contribution < 1.29 is 107 Å². The average Bonchev–Trinajstić information content (AvgIpc) is 3.75. The van der Waals surface area contributed by atoms with Crippen LogP contribution in [0.3, 0.4) is 0 Å². The summed E-state index contributed by atoms with van der Waals surface area (Å²) >= 11 is 0. The maximum Gasteiger partial charge on any atom is 0.397 e. The van der Waals surface area contributed by atoms with Gasteiger partial charge in [-0.2, -0.15) is 16.8 Å². The van der Waals surface area contributed by atoms with E-state index in [-0.39, 0.29) is 80.9 Å². The fraction of sp³-hybridized carbons (Fsp3) is 0.875. The first-order valence-electron chi connectivity index (χ1n) is 29.1. The molecule has 458 valence electrons. The van der Waals surface area contributed by atoms with Crippen molar-refractivity contribution in [2.45, 2.75) is 288 Å². The molecule has 0 radical (unpaired) electrons. The molecule has 11 aliphatic rings. The Morgan fingerprint density at radius 2 is 1.28 bits per heavy atom. The van der Waals surface area contributed by atoms with Crippen molar-refractivity contribution in [2.75, 3.05) is 6.61 Å². The average molecular weight is 1190 g/mol. The zero-order valence-electron chi connectivity index (χ0n) is 47.1. The molecule has 5 N–H and O–H groups in total. The van der Waals surface area contributed by atoms with Crippen LogP contribution >= 0.6 is 0 Å². The minimum atomic E-state index is -4.91. The molecule has 27 unspecified atom stereocenters. The zero-order chi connectivity index (χ0) is 58.0. The van der Waals surface area contributed by atoms with E-state index in [1.165, 1.54) is 18.2 Å². The summed E-state index contributed by atoms with van der Waals surface area (Å²) in [5.74, 6) is -1.85. The first-order chi connectivity index (χ1) is 37.9. The van der Waals surface area contributed by atoms with Crippen LogP contribution in [0.2, 0.25) is 0 Å². The van der Waals surface area contributed by atoms with E-state index in [1.54, 1.807) is 13.8 Å². The minimum Gasteiger partial charge on any atom is -0.481 e. The fourth-order valence-electron chi connectivity index (χ4n) is 15.7. The molecule has 11 aliphatic heterocycles. The normalized spacial score (nSPS) is 50.0. The molecular weight excluding hydrogens is 1100 g/mol. The highest BCUT2D eigenvalue weighted by Crippen LogP contribution is 2.54. The third-order valence-electron chi connectivity index (χ3n) is 20.2. The molecular formula is C56H84O23S2. The Hall–Kier alpha value is -2.09. The molecule has 0 aromatic carbocycles. The van der Waals surface area contributed by atoms with Crippen molar-refractivity contribution in [3.05, 3.63) is 37.0 Å². The molecule has 11 heterocycles. The van der Waals surface area contributed by atoms with Crippen LogP contribution < -0.4 is 0 Å². The SMILES string of the molecule is C=CCC(/C=C/C(C)(O)C1OC2CC3OC4CC5OC6CC7OC8CC9OC%10CC%11OC(C)(CCCOS(=O)(=O)O)C(OS(=O)(=O)O)CC%11OC%10CC9OC8CCC7(C)OC6(C)CCC(C)C5OC4C(O)C3(C)OC2CC1=C)C(=O)O. The molecule has 0 aromatic heterocycles. The number of aliphatic hydroxyl groups excluding tert-OH is 1. The van der Waals surface area contributed by atoms with Crippen LogP contribution in [-0.4, -0.2) is 204 Å². The third kappa shape index (κ3) is 12.1. The highest BCUT2D eigenvalue weighted by atomic mass is 32.3. The van der Waals surface area contributed by atoms with Gasteiger partial charge in [0.1, 0.15) is 35.6 Å². The lowest BCUT2D eigenvalue weighted by molar-refractivity contribution is -0.369. The lowest BCUT2D eigenvalue weighted by Gasteiger charge is -2.61. The number of carboxylic acid groups (broad SMARTS) is 1. The number of hydrogen-bond acceptors (Lipinski definition) is 20. The second kappa shape index (κ2) is 22.3. The van der Waals surface area contributed by atoms with Gasteiger partial charge in [-0.15, -0.1) is 6.58 Å². The van der Waals surface area contributed by atoms with Gasteiger partial charge < -0.3 is 67.4 Å². The lowest BCUT2D eigenvalue weighted by Crippen LogP contribution is -2.74. The van der Waals surface area contributed by atoms with E-state index in [0.29, 0.717) is 69.8 Å². The van der Waals surface area contributed by atoms with Crippen molar-refractivity contribution in [2.24, 2.45) is 11.8 Å². The van der Waals surface area contributed by atoms with Gasteiger partial charge in [0.2, 0.25) is 0 Å². The lowest BCUT2D eigenvalue weighted by atomic mass is 9.73. The number of rotatable bonds is 13. The molecule has 0 saturated carbocycles. The monoisotopic (exact) mass is 1190 g/mol. The van der Waals surface area contributed by atoms with Crippen LogP contribution in [0.4, 0.5) is 0 Å². The smallest absolute Gasteiger partial charge is 0.397 e. The second-order valence-corrected chi connectivity index (χ2v) is 28.4. The molecule has 0 aromatic rings. The molecule has 0 spiro atoms. The molecule has 81 heavy (non-hydrogen) atoms. The van der Waals surface area contributed by atoms with Gasteiger partial charge in [0.05, 0.1) is 127 Å². The van der Waals surface area contributed by atoms with Gasteiger partial charge in [-0.25, -0.2) is 8.37 Å². The van der Waals surface area contributed by atoms with Crippen LogP contribution in [0.25, 0.3) is 0 Å². The summed E-state index contributed by atoms with van der Waals surface area (Å²) in [6, 6.07) is 0. The standard InChI is InChI=1S/C56H84O23S2/c1-9-11-30(51(58)59)13-16-52(4,60)50-29(3)20-39-38(74-50)26-46-56(8,77-39)49(57)48-42(73-46)24-41-47(75-48)28(2)12-17-54(6)44(72-41)27-43-55(7,79-54)18-14-31-32(71-43)21-34-33(68-31)22-35-36(69-34)23-40-37(70-35)25-45(78-81(64,65)66)53(5,76-40)15-10-19-67-80(61,62)63/h9,13,16,28,30-50,57,60H,1,3,10-12,14-15,17-27H2,2,4-8H3,(H,58,59)(H,61,62,63)(H,64,65,66)/b16-13+. The van der Waals surface area contributed by atoms with Crippen molar-refractivity contribution in [1.82, 2.24) is 0 Å². The number of carbonyl (C=O) groups is 1. The number of ether oxygens (including phenoxy) is 11. The van der Waals surface area contributed by atoms with E-state index < -0.39 is 140 Å². The van der Waals surface area contributed by atoms with Crippen LogP contribution in [0, 0.1) is 11.8 Å². The number of fused-ring (bicyclic) bond motifs is 10. The van der Waals surface area contributed by atoms with Crippen molar-refractivity contribution >= 4 is 26.8 Å². The molecule has 0 aliphatic carbocycles. The van der Waals surface area contributed by atoms with E-state index in [2.05, 4.69) is 38.1 Å². The number of hydrogen-bond donors (Lipinski definition) is 5. The van der Waals surface area contributed by atoms with Crippen molar-refractivity contribution in [3.63, 3.8) is 0 Å². The Balaban J connectivity index is 0.743. The summed E-state index contributed by atoms with van der Waals surface area (Å²) in [5, 5.41) is 33.7. The van der Waals surface area contributed by atoms with Gasteiger partial charge in [-0.05, 0) is 97.5 Å². The second-order valence-electron chi connectivity index (χ2n) is 26.2. The van der Waals surface area contributed by atoms with Crippen molar-refractivity contribution in [1.29, 1.82) is 0 Å². The summed E-state index contributed by atoms with van der Waals surface area (Å²) in [7, 11) is -9.61. The molecule has 27 atom stereocenters. The number of carboxylic acids is 1. The first-order valence-corrected chi connectivity index (χ1v) is 31.9. The fourth-order valence-corrected chi connectivity index (χ4v) is 16.6. The topological polar surface area (TPSA) is 306 Å². The predicted molar refractivity (Wildman–Crippen MR) is 282 cm³/mol. The van der Waals surface area contributed by atoms with E-state index in [9.17, 15) is 41.5 Å². The molecule has 23 nitrogen and oxygen atoms in total. The van der Waals surface area contributed by atoms with Gasteiger partial charge in [-0.1, -0.05) is 31.7 Å². The Labute approximate surface area is 474 Å². The predicted octanol–water partition coefficient (Wildman–Crippen LogP) is 4.59. The Morgan fingerprint density at radius 1 is 0.716 bits per heavy atom. The molecule has 11 rings (SSSR count). The molecule has 0 bridgehead atoms.